The molecule has 2 unspecified atom stereocenters. The van der Waals surface area contributed by atoms with Gasteiger partial charge < -0.3 is 22.6 Å². The van der Waals surface area contributed by atoms with Gasteiger partial charge in [-0.05, 0) is 64.9 Å². The van der Waals surface area contributed by atoms with Gasteiger partial charge in [0.05, 0.1) is 17.6 Å². The number of unbranched alkanes of at least 4 members (excludes halogenated alkanes) is 10. The number of amides is 1. The Morgan fingerprint density at radius 1 is 0.875 bits per heavy atom. The average molecular weight is 474 g/mol. The number of allylic oxidation sites excluding steroid dienone is 2. The third-order valence-electron chi connectivity index (χ3n) is 6.03. The number of carbonyl (C=O) groups excluding carboxylic acids is 1. The molecule has 0 aliphatic rings. The van der Waals surface area contributed by atoms with Crippen LogP contribution in [0.4, 0.5) is 0 Å². The molecular formula is C27H52ClNO3. The molecule has 0 saturated heterocycles. The quantitative estimate of drug-likeness (QED) is 0.177. The molecule has 2 atom stereocenters. The minimum Gasteiger partial charge on any atom is -1.00 e. The van der Waals surface area contributed by atoms with Gasteiger partial charge in [-0.15, -0.1) is 0 Å². The number of nitrogens with two attached hydrogens (primary N) is 1. The van der Waals surface area contributed by atoms with E-state index in [0.717, 1.165) is 32.1 Å². The largest absolute Gasteiger partial charge is 1.00 e. The number of hydrogen-bond donors (Lipinski definition) is 3. The lowest BCUT2D eigenvalue weighted by molar-refractivity contribution is -0.566. The van der Waals surface area contributed by atoms with Gasteiger partial charge >= 0.3 is 5.91 Å². The van der Waals surface area contributed by atoms with E-state index in [1.165, 1.54) is 51.4 Å². The number of carbonyl (C=O) groups is 1. The van der Waals surface area contributed by atoms with Crippen molar-refractivity contribution in [3.05, 3.63) is 24.8 Å². The summed E-state index contributed by atoms with van der Waals surface area (Å²) in [5, 5.41) is 21.7. The van der Waals surface area contributed by atoms with Gasteiger partial charge in [-0.1, -0.05) is 77.0 Å². The van der Waals surface area contributed by atoms with Crippen molar-refractivity contribution in [3.8, 4) is 0 Å². The van der Waals surface area contributed by atoms with E-state index in [4.69, 9.17) is 0 Å². The van der Waals surface area contributed by atoms with Gasteiger partial charge in [0.1, 0.15) is 6.54 Å². The lowest BCUT2D eigenvalue weighted by atomic mass is 9.73. The summed E-state index contributed by atoms with van der Waals surface area (Å²) in [7, 11) is 0. The summed E-state index contributed by atoms with van der Waals surface area (Å²) in [5.41, 5.74) is -0.664. The molecule has 0 aliphatic carbocycles. The smallest absolute Gasteiger partial charge is 0.317 e. The summed E-state index contributed by atoms with van der Waals surface area (Å²) in [6, 6.07) is 0. The van der Waals surface area contributed by atoms with Crippen LogP contribution in [0.2, 0.25) is 0 Å². The van der Waals surface area contributed by atoms with Crippen LogP contribution in [0.3, 0.4) is 0 Å². The van der Waals surface area contributed by atoms with Gasteiger partial charge in [0, 0.05) is 0 Å². The topological polar surface area (TPSA) is 74.1 Å². The zero-order valence-corrected chi connectivity index (χ0v) is 21.9. The first-order valence-corrected chi connectivity index (χ1v) is 12.9. The molecule has 5 heteroatoms. The molecule has 4 N–H and O–H groups in total. The van der Waals surface area contributed by atoms with Crippen LogP contribution < -0.4 is 17.7 Å². The third-order valence-corrected chi connectivity index (χ3v) is 6.03. The van der Waals surface area contributed by atoms with Gasteiger partial charge in [0.25, 0.3) is 0 Å². The normalized spacial score (nSPS) is 15.2. The number of aliphatic hydroxyl groups is 2. The Hall–Kier alpha value is -0.680. The predicted molar refractivity (Wildman–Crippen MR) is 132 cm³/mol. The standard InChI is InChI=1S/C27H51NO3.ClH/c1-5-7-8-9-10-11-12-13-14-15-16-17-18-19-20-27(22-24(3)29,23-25(4)30)26(31)28-21-6-2;/h6,13-14,24-25,29-30H,2,5,7-12,15-23H2,1,3-4H3,(H,28,31);1H/b14-13-;. The van der Waals surface area contributed by atoms with Crippen LogP contribution in [0.25, 0.3) is 0 Å². The van der Waals surface area contributed by atoms with E-state index in [1.807, 2.05) is 0 Å². The van der Waals surface area contributed by atoms with Gasteiger partial charge in [-0.25, -0.2) is 4.79 Å². The molecule has 32 heavy (non-hydrogen) atoms. The van der Waals surface area contributed by atoms with Crippen molar-refractivity contribution in [3.63, 3.8) is 0 Å². The highest BCUT2D eigenvalue weighted by Crippen LogP contribution is 2.35. The molecule has 1 amide bonds. The van der Waals surface area contributed by atoms with Crippen molar-refractivity contribution >= 4 is 5.91 Å². The number of primary amides is 1. The van der Waals surface area contributed by atoms with E-state index in [-0.39, 0.29) is 18.3 Å². The lowest BCUT2D eigenvalue weighted by Gasteiger charge is -2.32. The third kappa shape index (κ3) is 17.8. The zero-order chi connectivity index (χ0) is 23.4. The van der Waals surface area contributed by atoms with Crippen molar-refractivity contribution in [1.82, 2.24) is 0 Å². The maximum absolute atomic E-state index is 12.9. The van der Waals surface area contributed by atoms with Crippen molar-refractivity contribution in [2.75, 3.05) is 6.54 Å². The summed E-state index contributed by atoms with van der Waals surface area (Å²) in [5.74, 6) is 0.0480. The van der Waals surface area contributed by atoms with E-state index in [1.54, 1.807) is 25.2 Å². The number of aliphatic hydroxyl groups excluding tert-OH is 2. The Morgan fingerprint density at radius 3 is 1.81 bits per heavy atom. The Labute approximate surface area is 204 Å². The second-order valence-electron chi connectivity index (χ2n) is 9.46. The van der Waals surface area contributed by atoms with Gasteiger partial charge in [0.2, 0.25) is 0 Å². The fraction of sp³-hybridized carbons (Fsp3) is 0.815. The van der Waals surface area contributed by atoms with Crippen LogP contribution >= 0.6 is 0 Å². The van der Waals surface area contributed by atoms with E-state index in [2.05, 4.69) is 25.7 Å². The molecule has 0 saturated carbocycles. The zero-order valence-electron chi connectivity index (χ0n) is 21.2. The maximum atomic E-state index is 12.9. The highest BCUT2D eigenvalue weighted by molar-refractivity contribution is 5.73. The Kier molecular flexibility index (Phi) is 23.2. The number of rotatable bonds is 21. The lowest BCUT2D eigenvalue weighted by Crippen LogP contribution is -3.00. The first-order chi connectivity index (χ1) is 14.9. The van der Waals surface area contributed by atoms with Crippen LogP contribution in [-0.4, -0.2) is 34.9 Å². The number of halogens is 1. The highest BCUT2D eigenvalue weighted by Gasteiger charge is 2.42. The molecule has 0 fully saturated rings. The maximum Gasteiger partial charge on any atom is 0.317 e. The molecule has 0 rings (SSSR count). The fourth-order valence-electron chi connectivity index (χ4n) is 4.51. The van der Waals surface area contributed by atoms with Crippen LogP contribution in [0.5, 0.6) is 0 Å². The predicted octanol–water partition coefficient (Wildman–Crippen LogP) is 2.44. The minimum atomic E-state index is -0.664. The molecule has 0 aromatic heterocycles. The molecule has 0 aromatic rings. The molecular weight excluding hydrogens is 422 g/mol. The van der Waals surface area contributed by atoms with E-state index >= 15 is 0 Å². The van der Waals surface area contributed by atoms with E-state index in [9.17, 15) is 15.0 Å². The Balaban J connectivity index is 0. The SMILES string of the molecule is C=CC[NH2+]C(=O)C(CCCCCC/C=C\CCCCCCCC)(CC(C)O)CC(C)O.[Cl-]. The van der Waals surface area contributed by atoms with E-state index < -0.39 is 17.6 Å². The monoisotopic (exact) mass is 473 g/mol. The molecule has 0 radical (unpaired) electrons. The van der Waals surface area contributed by atoms with Gasteiger partial charge in [-0.2, -0.15) is 0 Å². The first-order valence-electron chi connectivity index (χ1n) is 12.9. The summed E-state index contributed by atoms with van der Waals surface area (Å²) in [6.45, 7) is 9.94. The average Bonchev–Trinajstić information content (AvgIpc) is 2.71. The minimum absolute atomic E-state index is 0. The van der Waals surface area contributed by atoms with Crippen molar-refractivity contribution < 1.29 is 32.7 Å². The van der Waals surface area contributed by atoms with Crippen LogP contribution in [0, 0.1) is 5.41 Å². The summed E-state index contributed by atoms with van der Waals surface area (Å²) in [6.07, 6.45) is 21.6. The summed E-state index contributed by atoms with van der Waals surface area (Å²) >= 11 is 0. The van der Waals surface area contributed by atoms with Gasteiger partial charge in [-0.3, -0.25) is 5.32 Å². The second-order valence-corrected chi connectivity index (χ2v) is 9.46. The molecule has 190 valence electrons. The van der Waals surface area contributed by atoms with Crippen LogP contribution in [0.1, 0.15) is 117 Å². The molecule has 0 heterocycles. The summed E-state index contributed by atoms with van der Waals surface area (Å²) in [4.78, 5) is 12.9. The molecule has 0 aliphatic heterocycles. The Bertz CT molecular complexity index is 468. The number of hydrogen-bond acceptors (Lipinski definition) is 3. The highest BCUT2D eigenvalue weighted by atomic mass is 35.5. The van der Waals surface area contributed by atoms with Crippen molar-refractivity contribution in [1.29, 1.82) is 0 Å². The van der Waals surface area contributed by atoms with Crippen molar-refractivity contribution in [2.45, 2.75) is 129 Å². The molecule has 0 aromatic carbocycles. The fourth-order valence-corrected chi connectivity index (χ4v) is 4.51. The second kappa shape index (κ2) is 22.1. The molecule has 0 bridgehead atoms. The Morgan fingerprint density at radius 2 is 1.34 bits per heavy atom. The van der Waals surface area contributed by atoms with Crippen LogP contribution in [-0.2, 0) is 4.79 Å². The molecule has 0 spiro atoms. The van der Waals surface area contributed by atoms with Gasteiger partial charge in [0.15, 0.2) is 0 Å². The molecule has 4 nitrogen and oxygen atoms in total. The first kappa shape index (κ1) is 33.5. The van der Waals surface area contributed by atoms with E-state index in [0.29, 0.717) is 19.4 Å². The number of quaternary nitrogens is 1. The van der Waals surface area contributed by atoms with Crippen LogP contribution in [0.15, 0.2) is 24.8 Å². The summed E-state index contributed by atoms with van der Waals surface area (Å²) < 4.78 is 0. The van der Waals surface area contributed by atoms with Crippen molar-refractivity contribution in [2.24, 2.45) is 5.41 Å².